The highest BCUT2D eigenvalue weighted by Gasteiger charge is 2.52. The topological polar surface area (TPSA) is 38.8 Å². The molecule has 0 bridgehead atoms. The van der Waals surface area contributed by atoms with Gasteiger partial charge in [0.2, 0.25) is 0 Å². The van der Waals surface area contributed by atoms with Crippen molar-refractivity contribution < 1.29 is 14.4 Å². The second-order valence-corrected chi connectivity index (χ2v) is 11.8. The maximum Gasteiger partial charge on any atom is 0.338 e. The van der Waals surface area contributed by atoms with Gasteiger partial charge in [-0.2, -0.15) is 5.06 Å². The van der Waals surface area contributed by atoms with Crippen LogP contribution in [0.2, 0.25) is 0 Å². The number of hydrogen-bond acceptors (Lipinski definition) is 4. The maximum atomic E-state index is 13.0. The Kier molecular flexibility index (Phi) is 6.22. The van der Waals surface area contributed by atoms with Crippen LogP contribution in [0.4, 0.5) is 0 Å². The summed E-state index contributed by atoms with van der Waals surface area (Å²) in [5.74, 6) is 0.203. The first-order valence-electron chi connectivity index (χ1n) is 12.3. The molecule has 0 radical (unpaired) electrons. The van der Waals surface area contributed by atoms with Crippen LogP contribution in [0, 0.1) is 11.3 Å². The summed E-state index contributed by atoms with van der Waals surface area (Å²) in [6.45, 7) is 15.7. The summed E-state index contributed by atoms with van der Waals surface area (Å²) >= 11 is 0. The van der Waals surface area contributed by atoms with Crippen LogP contribution in [0.3, 0.4) is 0 Å². The van der Waals surface area contributed by atoms with Crippen LogP contribution < -0.4 is 0 Å². The predicted molar refractivity (Wildman–Crippen MR) is 132 cm³/mol. The highest BCUT2D eigenvalue weighted by Crippen LogP contribution is 2.51. The molecule has 3 atom stereocenters. The van der Waals surface area contributed by atoms with Crippen molar-refractivity contribution in [3.05, 3.63) is 71.3 Å². The van der Waals surface area contributed by atoms with Gasteiger partial charge in [-0.25, -0.2) is 4.79 Å². The first-order chi connectivity index (χ1) is 15.4. The standard InChI is InChI=1S/C29H39NO3/c1-27(2,3)21-17-18-24(25(19-21)32-26(31)20-13-9-8-10-14-20)33-30-28(4,5)22-15-11-12-16-23(22)29(30,6)7/h8-16,21,24-25H,17-19H2,1-7H3/t21-,24-,25-/m0/s1. The van der Waals surface area contributed by atoms with Gasteiger partial charge in [-0.05, 0) is 81.5 Å². The normalized spacial score (nSPS) is 26.6. The molecule has 33 heavy (non-hydrogen) atoms. The molecule has 4 nitrogen and oxygen atoms in total. The van der Waals surface area contributed by atoms with Crippen LogP contribution in [0.25, 0.3) is 0 Å². The van der Waals surface area contributed by atoms with E-state index in [0.29, 0.717) is 11.5 Å². The van der Waals surface area contributed by atoms with Crippen LogP contribution in [0.15, 0.2) is 54.6 Å². The van der Waals surface area contributed by atoms with Gasteiger partial charge in [0.15, 0.2) is 0 Å². The molecule has 0 unspecified atom stereocenters. The molecule has 1 saturated carbocycles. The largest absolute Gasteiger partial charge is 0.456 e. The van der Waals surface area contributed by atoms with E-state index in [9.17, 15) is 4.79 Å². The van der Waals surface area contributed by atoms with Crippen LogP contribution >= 0.6 is 0 Å². The Morgan fingerprint density at radius 2 is 1.39 bits per heavy atom. The third kappa shape index (κ3) is 4.48. The first kappa shape index (κ1) is 24.0. The molecule has 2 aliphatic rings. The first-order valence-corrected chi connectivity index (χ1v) is 12.3. The second kappa shape index (κ2) is 8.56. The monoisotopic (exact) mass is 449 g/mol. The molecule has 0 saturated heterocycles. The SMILES string of the molecule is CC(C)(C)[C@H]1CC[C@H](ON2C(C)(C)c3ccccc3C2(C)C)[C@@H](OC(=O)c2ccccc2)C1. The van der Waals surface area contributed by atoms with Crippen molar-refractivity contribution in [3.8, 4) is 0 Å². The Hall–Kier alpha value is -2.17. The summed E-state index contributed by atoms with van der Waals surface area (Å²) in [5.41, 5.74) is 2.75. The fourth-order valence-electron chi connectivity index (χ4n) is 5.78. The second-order valence-electron chi connectivity index (χ2n) is 11.8. The van der Waals surface area contributed by atoms with Crippen molar-refractivity contribution in [2.24, 2.45) is 11.3 Å². The molecule has 4 heteroatoms. The number of ether oxygens (including phenoxy) is 1. The number of hydroxylamine groups is 2. The minimum Gasteiger partial charge on any atom is -0.456 e. The summed E-state index contributed by atoms with van der Waals surface area (Å²) < 4.78 is 6.15. The van der Waals surface area contributed by atoms with Crippen LogP contribution in [-0.2, 0) is 20.7 Å². The highest BCUT2D eigenvalue weighted by molar-refractivity contribution is 5.89. The van der Waals surface area contributed by atoms with Gasteiger partial charge in [-0.1, -0.05) is 63.2 Å². The zero-order valence-electron chi connectivity index (χ0n) is 21.2. The van der Waals surface area contributed by atoms with E-state index in [1.165, 1.54) is 11.1 Å². The Balaban J connectivity index is 1.60. The smallest absolute Gasteiger partial charge is 0.338 e. The van der Waals surface area contributed by atoms with Crippen molar-refractivity contribution >= 4 is 5.97 Å². The maximum absolute atomic E-state index is 13.0. The number of esters is 1. The van der Waals surface area contributed by atoms with Gasteiger partial charge in [0, 0.05) is 0 Å². The third-order valence-electron chi connectivity index (χ3n) is 7.73. The van der Waals surface area contributed by atoms with Gasteiger partial charge in [0.05, 0.1) is 16.6 Å². The minimum absolute atomic E-state index is 0.158. The molecular formula is C29H39NO3. The number of carbonyl (C=O) groups is 1. The molecule has 178 valence electrons. The molecule has 0 N–H and O–H groups in total. The number of nitrogens with zero attached hydrogens (tertiary/aromatic N) is 1. The van der Waals surface area contributed by atoms with E-state index in [0.717, 1.165) is 19.3 Å². The van der Waals surface area contributed by atoms with Gasteiger partial charge in [-0.3, -0.25) is 4.84 Å². The van der Waals surface area contributed by atoms with Crippen LogP contribution in [0.5, 0.6) is 0 Å². The fraction of sp³-hybridized carbons (Fsp3) is 0.552. The van der Waals surface area contributed by atoms with E-state index in [1.54, 1.807) is 0 Å². The lowest BCUT2D eigenvalue weighted by atomic mass is 9.71. The molecular weight excluding hydrogens is 410 g/mol. The Morgan fingerprint density at radius 3 is 1.94 bits per heavy atom. The van der Waals surface area contributed by atoms with Gasteiger partial charge in [0.1, 0.15) is 12.2 Å². The molecule has 0 aromatic heterocycles. The summed E-state index contributed by atoms with van der Waals surface area (Å²) in [6, 6.07) is 17.9. The van der Waals surface area contributed by atoms with E-state index in [1.807, 2.05) is 30.3 Å². The average molecular weight is 450 g/mol. The van der Waals surface area contributed by atoms with Gasteiger partial charge >= 0.3 is 5.97 Å². The minimum atomic E-state index is -0.286. The van der Waals surface area contributed by atoms with Crippen molar-refractivity contribution in [1.29, 1.82) is 0 Å². The molecule has 1 aliphatic carbocycles. The lowest BCUT2D eigenvalue weighted by Crippen LogP contribution is -2.52. The zero-order valence-corrected chi connectivity index (χ0v) is 21.2. The van der Waals surface area contributed by atoms with Crippen molar-refractivity contribution in [2.75, 3.05) is 0 Å². The van der Waals surface area contributed by atoms with Gasteiger partial charge in [0.25, 0.3) is 0 Å². The Bertz CT molecular complexity index is 954. The van der Waals surface area contributed by atoms with E-state index < -0.39 is 0 Å². The molecule has 2 aromatic carbocycles. The third-order valence-corrected chi connectivity index (χ3v) is 7.73. The van der Waals surface area contributed by atoms with E-state index in [-0.39, 0.29) is 34.7 Å². The van der Waals surface area contributed by atoms with Crippen molar-refractivity contribution in [2.45, 2.75) is 91.0 Å². The van der Waals surface area contributed by atoms with Crippen molar-refractivity contribution in [3.63, 3.8) is 0 Å². The fourth-order valence-corrected chi connectivity index (χ4v) is 5.78. The molecule has 0 amide bonds. The van der Waals surface area contributed by atoms with Crippen LogP contribution in [0.1, 0.15) is 89.2 Å². The molecule has 1 fully saturated rings. The predicted octanol–water partition coefficient (Wildman–Crippen LogP) is 6.84. The number of carbonyl (C=O) groups excluding carboxylic acids is 1. The van der Waals surface area contributed by atoms with Gasteiger partial charge in [-0.15, -0.1) is 0 Å². The lowest BCUT2D eigenvalue weighted by Gasteiger charge is -2.46. The van der Waals surface area contributed by atoms with E-state index in [2.05, 4.69) is 77.8 Å². The number of fused-ring (bicyclic) bond motifs is 1. The van der Waals surface area contributed by atoms with Crippen LogP contribution in [-0.4, -0.2) is 23.2 Å². The summed E-state index contributed by atoms with van der Waals surface area (Å²) in [7, 11) is 0. The molecule has 4 rings (SSSR count). The summed E-state index contributed by atoms with van der Waals surface area (Å²) in [6.07, 6.45) is 2.28. The average Bonchev–Trinajstić information content (AvgIpc) is 2.92. The number of benzene rings is 2. The van der Waals surface area contributed by atoms with E-state index in [4.69, 9.17) is 9.57 Å². The highest BCUT2D eigenvalue weighted by atomic mass is 16.7. The number of hydrogen-bond donors (Lipinski definition) is 0. The summed E-state index contributed by atoms with van der Waals surface area (Å²) in [5, 5.41) is 2.15. The Morgan fingerprint density at radius 1 is 0.848 bits per heavy atom. The zero-order chi connectivity index (χ0) is 24.0. The number of rotatable bonds is 4. The molecule has 2 aromatic rings. The molecule has 1 aliphatic heterocycles. The lowest BCUT2D eigenvalue weighted by molar-refractivity contribution is -0.308. The van der Waals surface area contributed by atoms with Crippen molar-refractivity contribution in [1.82, 2.24) is 5.06 Å². The molecule has 0 spiro atoms. The molecule has 1 heterocycles. The van der Waals surface area contributed by atoms with E-state index >= 15 is 0 Å². The summed E-state index contributed by atoms with van der Waals surface area (Å²) in [4.78, 5) is 19.8. The van der Waals surface area contributed by atoms with Gasteiger partial charge < -0.3 is 4.74 Å². The quantitative estimate of drug-likeness (QED) is 0.479. The Labute approximate surface area is 199 Å².